The zero-order valence-corrected chi connectivity index (χ0v) is 27.1. The van der Waals surface area contributed by atoms with Crippen molar-refractivity contribution in [2.75, 3.05) is 26.3 Å². The third kappa shape index (κ3) is 13.0. The van der Waals surface area contributed by atoms with Gasteiger partial charge in [-0.3, -0.25) is 24.0 Å². The van der Waals surface area contributed by atoms with Crippen molar-refractivity contribution in [3.63, 3.8) is 0 Å². The van der Waals surface area contributed by atoms with Gasteiger partial charge in [0.05, 0.1) is 25.6 Å². The predicted octanol–water partition coefficient (Wildman–Crippen LogP) is 2.87. The van der Waals surface area contributed by atoms with Crippen LogP contribution in [0.1, 0.15) is 63.5 Å². The summed E-state index contributed by atoms with van der Waals surface area (Å²) in [6.45, 7) is 3.72. The van der Waals surface area contributed by atoms with Gasteiger partial charge in [-0.15, -0.1) is 0 Å². The highest BCUT2D eigenvalue weighted by molar-refractivity contribution is 5.94. The third-order valence-corrected chi connectivity index (χ3v) is 7.92. The molecule has 47 heavy (non-hydrogen) atoms. The minimum absolute atomic E-state index is 0.0133. The summed E-state index contributed by atoms with van der Waals surface area (Å²) in [6, 6.07) is 16.8. The van der Waals surface area contributed by atoms with Gasteiger partial charge in [0.2, 0.25) is 17.7 Å². The van der Waals surface area contributed by atoms with E-state index in [0.29, 0.717) is 25.8 Å². The van der Waals surface area contributed by atoms with Gasteiger partial charge in [0.1, 0.15) is 25.9 Å². The van der Waals surface area contributed by atoms with Crippen molar-refractivity contribution < 1.29 is 43.0 Å². The van der Waals surface area contributed by atoms with Crippen LogP contribution in [0.3, 0.4) is 0 Å². The van der Waals surface area contributed by atoms with E-state index in [-0.39, 0.29) is 63.9 Å². The van der Waals surface area contributed by atoms with Crippen molar-refractivity contribution >= 4 is 35.4 Å². The number of nitrogens with one attached hydrogen (secondary N) is 2. The standard InChI is InChI=1S/C35H45N3O9/c1-3-25(2)34(29(39)18-20-45-24-33(43)47-23-27-13-8-5-9-14-27)37-35(44)28-15-10-19-38(28)31(41)21-36-30(40)16-17-32(42)46-22-26-11-6-4-7-12-26/h4-9,11-14,25,28,34H,3,10,15-24H2,1-2H3,(H,36,40)(H,37,44)/t25-,28-,34-/m0/s1. The van der Waals surface area contributed by atoms with Crippen molar-refractivity contribution in [3.05, 3.63) is 71.8 Å². The summed E-state index contributed by atoms with van der Waals surface area (Å²) in [4.78, 5) is 77.0. The molecule has 2 aromatic rings. The summed E-state index contributed by atoms with van der Waals surface area (Å²) >= 11 is 0. The zero-order valence-electron chi connectivity index (χ0n) is 27.1. The number of rotatable bonds is 19. The van der Waals surface area contributed by atoms with Crippen molar-refractivity contribution in [2.24, 2.45) is 5.92 Å². The lowest BCUT2D eigenvalue weighted by Gasteiger charge is -2.28. The van der Waals surface area contributed by atoms with E-state index < -0.39 is 41.7 Å². The molecule has 3 rings (SSSR count). The Morgan fingerprint density at radius 3 is 2.09 bits per heavy atom. The lowest BCUT2D eigenvalue weighted by atomic mass is 9.93. The average molecular weight is 652 g/mol. The second-order valence-electron chi connectivity index (χ2n) is 11.5. The van der Waals surface area contributed by atoms with Crippen molar-refractivity contribution in [1.29, 1.82) is 0 Å². The maximum atomic E-state index is 13.3. The van der Waals surface area contributed by atoms with E-state index in [1.807, 2.05) is 74.5 Å². The Labute approximate surface area is 275 Å². The van der Waals surface area contributed by atoms with E-state index in [0.717, 1.165) is 11.1 Å². The molecule has 254 valence electrons. The second-order valence-corrected chi connectivity index (χ2v) is 11.5. The minimum Gasteiger partial charge on any atom is -0.461 e. The van der Waals surface area contributed by atoms with Crippen LogP contribution in [0.4, 0.5) is 0 Å². The largest absolute Gasteiger partial charge is 0.461 e. The molecule has 3 amide bonds. The Bertz CT molecular complexity index is 1340. The average Bonchev–Trinajstić information content (AvgIpc) is 3.59. The highest BCUT2D eigenvalue weighted by Crippen LogP contribution is 2.19. The number of benzene rings is 2. The van der Waals surface area contributed by atoms with Crippen molar-refractivity contribution in [3.8, 4) is 0 Å². The summed E-state index contributed by atoms with van der Waals surface area (Å²) in [5.74, 6) is -2.83. The van der Waals surface area contributed by atoms with Crippen LogP contribution in [0.5, 0.6) is 0 Å². The van der Waals surface area contributed by atoms with E-state index >= 15 is 0 Å². The van der Waals surface area contributed by atoms with Gasteiger partial charge in [0.25, 0.3) is 0 Å². The SMILES string of the molecule is CC[C@H](C)[C@H](NC(=O)[C@@H]1CCCN1C(=O)CNC(=O)CCC(=O)OCc1ccccc1)C(=O)CCOCC(=O)OCc1ccccc1. The van der Waals surface area contributed by atoms with Crippen molar-refractivity contribution in [2.45, 2.75) is 77.7 Å². The highest BCUT2D eigenvalue weighted by atomic mass is 16.6. The Morgan fingerprint density at radius 1 is 0.851 bits per heavy atom. The maximum Gasteiger partial charge on any atom is 0.332 e. The molecule has 0 aromatic heterocycles. The lowest BCUT2D eigenvalue weighted by molar-refractivity contribution is -0.151. The molecule has 0 radical (unpaired) electrons. The molecule has 12 nitrogen and oxygen atoms in total. The highest BCUT2D eigenvalue weighted by Gasteiger charge is 2.36. The van der Waals surface area contributed by atoms with E-state index in [1.165, 1.54) is 4.90 Å². The van der Waals surface area contributed by atoms with Gasteiger partial charge >= 0.3 is 11.9 Å². The van der Waals surface area contributed by atoms with Gasteiger partial charge in [0.15, 0.2) is 5.78 Å². The third-order valence-electron chi connectivity index (χ3n) is 7.92. The van der Waals surface area contributed by atoms with E-state index in [9.17, 15) is 28.8 Å². The molecule has 1 fully saturated rings. The zero-order chi connectivity index (χ0) is 34.0. The van der Waals surface area contributed by atoms with Crippen LogP contribution in [0.2, 0.25) is 0 Å². The monoisotopic (exact) mass is 651 g/mol. The number of hydrogen-bond acceptors (Lipinski definition) is 9. The number of likely N-dealkylation sites (tertiary alicyclic amines) is 1. The number of ketones is 1. The molecule has 0 saturated carbocycles. The maximum absolute atomic E-state index is 13.3. The topological polar surface area (TPSA) is 157 Å². The molecule has 12 heteroatoms. The minimum atomic E-state index is -0.792. The normalized spacial score (nSPS) is 15.3. The smallest absolute Gasteiger partial charge is 0.332 e. The number of carbonyl (C=O) groups is 6. The van der Waals surface area contributed by atoms with Gasteiger partial charge in [-0.2, -0.15) is 0 Å². The van der Waals surface area contributed by atoms with Gasteiger partial charge in [-0.1, -0.05) is 80.9 Å². The first-order chi connectivity index (χ1) is 22.7. The molecule has 1 saturated heterocycles. The number of ether oxygens (including phenoxy) is 3. The summed E-state index contributed by atoms with van der Waals surface area (Å²) < 4.78 is 15.7. The Balaban J connectivity index is 1.39. The van der Waals surface area contributed by atoms with Gasteiger partial charge in [0, 0.05) is 19.4 Å². The first kappa shape index (κ1) is 36.9. The quantitative estimate of drug-likeness (QED) is 0.172. The molecule has 2 aromatic carbocycles. The molecular formula is C35H45N3O9. The molecule has 0 spiro atoms. The molecule has 0 aliphatic carbocycles. The lowest BCUT2D eigenvalue weighted by Crippen LogP contribution is -2.54. The fraction of sp³-hybridized carbons (Fsp3) is 0.486. The first-order valence-electron chi connectivity index (χ1n) is 16.0. The Kier molecular flexibility index (Phi) is 15.6. The molecule has 1 heterocycles. The van der Waals surface area contributed by atoms with E-state index in [4.69, 9.17) is 14.2 Å². The molecule has 0 bridgehead atoms. The van der Waals surface area contributed by atoms with Crippen molar-refractivity contribution in [1.82, 2.24) is 15.5 Å². The first-order valence-corrected chi connectivity index (χ1v) is 16.0. The molecule has 3 atom stereocenters. The molecular weight excluding hydrogens is 606 g/mol. The van der Waals surface area contributed by atoms with Crippen LogP contribution in [0.25, 0.3) is 0 Å². The van der Waals surface area contributed by atoms with Crippen LogP contribution in [-0.2, 0) is 56.2 Å². The number of Topliss-reactive ketones (excluding diaryl/α,β-unsaturated/α-hetero) is 1. The fourth-order valence-electron chi connectivity index (χ4n) is 5.02. The molecule has 1 aliphatic heterocycles. The van der Waals surface area contributed by atoms with Crippen LogP contribution in [0, 0.1) is 5.92 Å². The molecule has 1 aliphatic rings. The van der Waals surface area contributed by atoms with Gasteiger partial charge < -0.3 is 29.7 Å². The van der Waals surface area contributed by atoms with Gasteiger partial charge in [-0.25, -0.2) is 4.79 Å². The Hall–Kier alpha value is -4.58. The van der Waals surface area contributed by atoms with E-state index in [2.05, 4.69) is 10.6 Å². The molecule has 0 unspecified atom stereocenters. The Morgan fingerprint density at radius 2 is 1.47 bits per heavy atom. The number of hydrogen-bond donors (Lipinski definition) is 2. The number of nitrogens with zero attached hydrogens (tertiary/aromatic N) is 1. The van der Waals surface area contributed by atoms with Crippen LogP contribution < -0.4 is 10.6 Å². The number of carbonyl (C=O) groups excluding carboxylic acids is 6. The fourth-order valence-corrected chi connectivity index (χ4v) is 5.02. The van der Waals surface area contributed by atoms with Crippen LogP contribution >= 0.6 is 0 Å². The summed E-state index contributed by atoms with van der Waals surface area (Å²) in [6.07, 6.45) is 1.37. The van der Waals surface area contributed by atoms with E-state index in [1.54, 1.807) is 0 Å². The summed E-state index contributed by atoms with van der Waals surface area (Å²) in [7, 11) is 0. The van der Waals surface area contributed by atoms with Crippen LogP contribution in [0.15, 0.2) is 60.7 Å². The second kappa shape index (κ2) is 19.8. The summed E-state index contributed by atoms with van der Waals surface area (Å²) in [5, 5.41) is 5.35. The van der Waals surface area contributed by atoms with Crippen LogP contribution in [-0.4, -0.2) is 78.7 Å². The van der Waals surface area contributed by atoms with Gasteiger partial charge in [-0.05, 0) is 29.9 Å². The number of esters is 2. The molecule has 2 N–H and O–H groups in total. The summed E-state index contributed by atoms with van der Waals surface area (Å²) in [5.41, 5.74) is 1.69. The number of amides is 3. The predicted molar refractivity (Wildman–Crippen MR) is 171 cm³/mol.